The molecular formula is C16H24N2O. The molecule has 0 aliphatic carbocycles. The summed E-state index contributed by atoms with van der Waals surface area (Å²) in [7, 11) is 0. The molecular weight excluding hydrogens is 236 g/mol. The number of amides is 1. The number of likely N-dealkylation sites (tertiary alicyclic amines) is 1. The van der Waals surface area contributed by atoms with E-state index in [0.717, 1.165) is 18.4 Å². The van der Waals surface area contributed by atoms with Gasteiger partial charge in [-0.15, -0.1) is 0 Å². The van der Waals surface area contributed by atoms with Crippen molar-refractivity contribution in [2.24, 2.45) is 5.73 Å². The molecule has 3 nitrogen and oxygen atoms in total. The topological polar surface area (TPSA) is 46.3 Å². The van der Waals surface area contributed by atoms with Gasteiger partial charge in [0.1, 0.15) is 0 Å². The van der Waals surface area contributed by atoms with Crippen molar-refractivity contribution >= 4 is 5.91 Å². The fraction of sp³-hybridized carbons (Fsp3) is 0.562. The van der Waals surface area contributed by atoms with Gasteiger partial charge in [0.15, 0.2) is 0 Å². The third kappa shape index (κ3) is 2.81. The van der Waals surface area contributed by atoms with Crippen LogP contribution in [0.1, 0.15) is 47.7 Å². The molecule has 0 radical (unpaired) electrons. The Hall–Kier alpha value is -1.35. The Kier molecular flexibility index (Phi) is 4.25. The maximum absolute atomic E-state index is 12.7. The predicted molar refractivity (Wildman–Crippen MR) is 78.2 cm³/mol. The van der Waals surface area contributed by atoms with Gasteiger partial charge in [-0.25, -0.2) is 0 Å². The molecule has 1 aliphatic rings. The predicted octanol–water partition coefficient (Wildman–Crippen LogP) is 2.65. The number of nitrogens with zero attached hydrogens (tertiary/aromatic N) is 1. The van der Waals surface area contributed by atoms with Crippen molar-refractivity contribution in [2.75, 3.05) is 6.54 Å². The lowest BCUT2D eigenvalue weighted by molar-refractivity contribution is 0.0494. The number of hydrogen-bond acceptors (Lipinski definition) is 2. The Morgan fingerprint density at radius 2 is 2.05 bits per heavy atom. The number of piperidine rings is 1. The second kappa shape index (κ2) is 5.74. The molecule has 1 amide bonds. The van der Waals surface area contributed by atoms with Crippen molar-refractivity contribution < 1.29 is 4.79 Å². The minimum Gasteiger partial charge on any atom is -0.332 e. The van der Waals surface area contributed by atoms with Crippen LogP contribution in [-0.2, 0) is 0 Å². The van der Waals surface area contributed by atoms with Gasteiger partial charge in [-0.3, -0.25) is 4.79 Å². The van der Waals surface area contributed by atoms with Crippen LogP contribution in [0, 0.1) is 13.8 Å². The Morgan fingerprint density at radius 1 is 1.32 bits per heavy atom. The third-order valence-corrected chi connectivity index (χ3v) is 4.29. The van der Waals surface area contributed by atoms with Crippen molar-refractivity contribution in [3.05, 3.63) is 34.9 Å². The highest BCUT2D eigenvalue weighted by Gasteiger charge is 2.31. The molecule has 1 saturated heterocycles. The first-order chi connectivity index (χ1) is 9.04. The fourth-order valence-corrected chi connectivity index (χ4v) is 2.91. The number of hydrogen-bond donors (Lipinski definition) is 1. The molecule has 19 heavy (non-hydrogen) atoms. The highest BCUT2D eigenvalue weighted by atomic mass is 16.2. The van der Waals surface area contributed by atoms with Crippen molar-refractivity contribution in [3.8, 4) is 0 Å². The molecule has 104 valence electrons. The van der Waals surface area contributed by atoms with Gasteiger partial charge in [0.25, 0.3) is 5.91 Å². The van der Waals surface area contributed by atoms with Crippen LogP contribution in [-0.4, -0.2) is 29.4 Å². The average molecular weight is 260 g/mol. The first-order valence-electron chi connectivity index (χ1n) is 7.14. The smallest absolute Gasteiger partial charge is 0.254 e. The number of rotatable bonds is 2. The largest absolute Gasteiger partial charge is 0.332 e. The minimum atomic E-state index is 0.130. The first kappa shape index (κ1) is 14.1. The lowest BCUT2D eigenvalue weighted by Gasteiger charge is -2.40. The Labute approximate surface area is 115 Å². The number of nitrogens with two attached hydrogens (primary N) is 1. The van der Waals surface area contributed by atoms with E-state index in [1.807, 2.05) is 30.0 Å². The Bertz CT molecular complexity index is 470. The van der Waals surface area contributed by atoms with Gasteiger partial charge in [-0.05, 0) is 63.3 Å². The van der Waals surface area contributed by atoms with Crippen molar-refractivity contribution in [2.45, 2.75) is 52.1 Å². The Morgan fingerprint density at radius 3 is 2.68 bits per heavy atom. The van der Waals surface area contributed by atoms with E-state index >= 15 is 0 Å². The van der Waals surface area contributed by atoms with Crippen LogP contribution in [0.25, 0.3) is 0 Å². The summed E-state index contributed by atoms with van der Waals surface area (Å²) in [5.41, 5.74) is 9.01. The summed E-state index contributed by atoms with van der Waals surface area (Å²) in [5, 5.41) is 0. The van der Waals surface area contributed by atoms with E-state index in [-0.39, 0.29) is 18.0 Å². The molecule has 3 heteroatoms. The van der Waals surface area contributed by atoms with E-state index in [1.165, 1.54) is 17.5 Å². The van der Waals surface area contributed by atoms with E-state index in [9.17, 15) is 4.79 Å². The quantitative estimate of drug-likeness (QED) is 0.888. The Balaban J connectivity index is 2.27. The number of benzene rings is 1. The SMILES string of the molecule is Cc1ccc(C(=O)N2C(C)CCCC2CN)cc1C. The van der Waals surface area contributed by atoms with Gasteiger partial charge in [-0.2, -0.15) is 0 Å². The van der Waals surface area contributed by atoms with Crippen LogP contribution in [0.4, 0.5) is 0 Å². The summed E-state index contributed by atoms with van der Waals surface area (Å²) < 4.78 is 0. The minimum absolute atomic E-state index is 0.130. The summed E-state index contributed by atoms with van der Waals surface area (Å²) in [6.45, 7) is 6.80. The normalized spacial score (nSPS) is 23.5. The molecule has 2 N–H and O–H groups in total. The van der Waals surface area contributed by atoms with Crippen molar-refractivity contribution in [1.82, 2.24) is 4.90 Å². The monoisotopic (exact) mass is 260 g/mol. The van der Waals surface area contributed by atoms with Gasteiger partial charge in [0.05, 0.1) is 0 Å². The van der Waals surface area contributed by atoms with Gasteiger partial charge < -0.3 is 10.6 Å². The number of carbonyl (C=O) groups excluding carboxylic acids is 1. The fourth-order valence-electron chi connectivity index (χ4n) is 2.91. The molecule has 1 heterocycles. The zero-order valence-electron chi connectivity index (χ0n) is 12.1. The lowest BCUT2D eigenvalue weighted by Crippen LogP contribution is -2.51. The maximum atomic E-state index is 12.7. The highest BCUT2D eigenvalue weighted by molar-refractivity contribution is 5.95. The molecule has 2 atom stereocenters. The van der Waals surface area contributed by atoms with E-state index in [2.05, 4.69) is 13.8 Å². The van der Waals surface area contributed by atoms with Crippen LogP contribution < -0.4 is 5.73 Å². The van der Waals surface area contributed by atoms with Crippen LogP contribution >= 0.6 is 0 Å². The van der Waals surface area contributed by atoms with Gasteiger partial charge in [-0.1, -0.05) is 6.07 Å². The van der Waals surface area contributed by atoms with Crippen LogP contribution in [0.3, 0.4) is 0 Å². The molecule has 1 aromatic rings. The maximum Gasteiger partial charge on any atom is 0.254 e. The van der Waals surface area contributed by atoms with Crippen molar-refractivity contribution in [3.63, 3.8) is 0 Å². The molecule has 0 spiro atoms. The van der Waals surface area contributed by atoms with Gasteiger partial charge in [0.2, 0.25) is 0 Å². The molecule has 1 aliphatic heterocycles. The summed E-state index contributed by atoms with van der Waals surface area (Å²) in [6, 6.07) is 6.43. The lowest BCUT2D eigenvalue weighted by atomic mass is 9.95. The standard InChI is InChI=1S/C16H24N2O/c1-11-7-8-14(9-12(11)2)16(19)18-13(3)5-4-6-15(18)10-17/h7-9,13,15H,4-6,10,17H2,1-3H3. The van der Waals surface area contributed by atoms with Crippen LogP contribution in [0.5, 0.6) is 0 Å². The second-order valence-electron chi connectivity index (χ2n) is 5.68. The van der Waals surface area contributed by atoms with Gasteiger partial charge >= 0.3 is 0 Å². The molecule has 1 fully saturated rings. The molecule has 0 saturated carbocycles. The molecule has 2 unspecified atom stereocenters. The van der Waals surface area contributed by atoms with E-state index < -0.39 is 0 Å². The van der Waals surface area contributed by atoms with E-state index in [4.69, 9.17) is 5.73 Å². The van der Waals surface area contributed by atoms with Crippen LogP contribution in [0.15, 0.2) is 18.2 Å². The molecule has 2 rings (SSSR count). The molecule has 1 aromatic carbocycles. The van der Waals surface area contributed by atoms with Gasteiger partial charge in [0, 0.05) is 24.2 Å². The number of carbonyl (C=O) groups is 1. The van der Waals surface area contributed by atoms with Crippen molar-refractivity contribution in [1.29, 1.82) is 0 Å². The highest BCUT2D eigenvalue weighted by Crippen LogP contribution is 2.25. The van der Waals surface area contributed by atoms with E-state index in [1.54, 1.807) is 0 Å². The second-order valence-corrected chi connectivity index (χ2v) is 5.68. The molecule has 0 bridgehead atoms. The zero-order valence-corrected chi connectivity index (χ0v) is 12.1. The van der Waals surface area contributed by atoms with Crippen LogP contribution in [0.2, 0.25) is 0 Å². The first-order valence-corrected chi connectivity index (χ1v) is 7.14. The van der Waals surface area contributed by atoms with E-state index in [0.29, 0.717) is 6.54 Å². The summed E-state index contributed by atoms with van der Waals surface area (Å²) in [6.07, 6.45) is 3.27. The third-order valence-electron chi connectivity index (χ3n) is 4.29. The summed E-state index contributed by atoms with van der Waals surface area (Å²) in [5.74, 6) is 0.130. The summed E-state index contributed by atoms with van der Waals surface area (Å²) in [4.78, 5) is 14.7. The average Bonchev–Trinajstić information content (AvgIpc) is 2.40. The summed E-state index contributed by atoms with van der Waals surface area (Å²) >= 11 is 0. The molecule has 0 aromatic heterocycles. The zero-order chi connectivity index (χ0) is 14.0. The number of aryl methyl sites for hydroxylation is 2.